The number of ether oxygens (including phenoxy) is 1. The van der Waals surface area contributed by atoms with Gasteiger partial charge in [-0.2, -0.15) is 0 Å². The largest absolute Gasteiger partial charge is 0.376 e. The fourth-order valence-electron chi connectivity index (χ4n) is 1.99. The van der Waals surface area contributed by atoms with Gasteiger partial charge in [0.25, 0.3) is 5.69 Å². The highest BCUT2D eigenvalue weighted by Crippen LogP contribution is 2.26. The maximum absolute atomic E-state index is 11.8. The molecule has 0 radical (unpaired) electrons. The van der Waals surface area contributed by atoms with Crippen molar-refractivity contribution < 1.29 is 19.2 Å². The van der Waals surface area contributed by atoms with Gasteiger partial charge in [-0.15, -0.1) is 0 Å². The van der Waals surface area contributed by atoms with Gasteiger partial charge in [-0.3, -0.25) is 19.7 Å². The summed E-state index contributed by atoms with van der Waals surface area (Å²) in [6.45, 7) is 0.894. The molecule has 1 unspecified atom stereocenters. The number of amides is 2. The van der Waals surface area contributed by atoms with Crippen LogP contribution in [0, 0.1) is 10.1 Å². The topological polar surface area (TPSA) is 111 Å². The third-order valence-corrected chi connectivity index (χ3v) is 3.46. The minimum absolute atomic E-state index is 0.00753. The molecule has 0 spiro atoms. The predicted molar refractivity (Wildman–Crippen MR) is 78.7 cm³/mol. The van der Waals surface area contributed by atoms with E-state index in [2.05, 4.69) is 10.6 Å². The van der Waals surface area contributed by atoms with Crippen molar-refractivity contribution in [3.8, 4) is 0 Å². The predicted octanol–water partition coefficient (Wildman–Crippen LogP) is 1.48. The van der Waals surface area contributed by atoms with Crippen LogP contribution in [0.25, 0.3) is 0 Å². The van der Waals surface area contributed by atoms with Gasteiger partial charge < -0.3 is 15.4 Å². The molecule has 2 N–H and O–H groups in total. The standard InChI is InChI=1S/C13H14ClN3O5/c14-10-4-3-8(17(20)21)6-11(10)16-13(19)12(18)15-7-9-2-1-5-22-9/h3-4,6,9H,1-2,5,7H2,(H,15,18)(H,16,19). The fourth-order valence-corrected chi connectivity index (χ4v) is 2.16. The summed E-state index contributed by atoms with van der Waals surface area (Å²) in [6.07, 6.45) is 1.67. The maximum Gasteiger partial charge on any atom is 0.313 e. The molecule has 118 valence electrons. The molecule has 2 rings (SSSR count). The average molecular weight is 328 g/mol. The Balaban J connectivity index is 1.94. The molecule has 1 aromatic rings. The highest BCUT2D eigenvalue weighted by Gasteiger charge is 2.20. The zero-order valence-electron chi connectivity index (χ0n) is 11.5. The summed E-state index contributed by atoms with van der Waals surface area (Å²) in [5.74, 6) is -1.79. The van der Waals surface area contributed by atoms with Gasteiger partial charge in [0.05, 0.1) is 21.7 Å². The molecule has 1 fully saturated rings. The number of rotatable bonds is 4. The van der Waals surface area contributed by atoms with Gasteiger partial charge in [0.2, 0.25) is 0 Å². The smallest absolute Gasteiger partial charge is 0.313 e. The second-order valence-corrected chi connectivity index (χ2v) is 5.13. The lowest BCUT2D eigenvalue weighted by Gasteiger charge is -2.11. The highest BCUT2D eigenvalue weighted by atomic mass is 35.5. The number of carbonyl (C=O) groups excluding carboxylic acids is 2. The van der Waals surface area contributed by atoms with Crippen LogP contribution in [0.15, 0.2) is 18.2 Å². The van der Waals surface area contributed by atoms with Gasteiger partial charge in [-0.25, -0.2) is 0 Å². The van der Waals surface area contributed by atoms with Crippen molar-refractivity contribution >= 4 is 34.8 Å². The second kappa shape index (κ2) is 7.19. The van der Waals surface area contributed by atoms with Crippen molar-refractivity contribution in [2.24, 2.45) is 0 Å². The molecule has 1 heterocycles. The van der Waals surface area contributed by atoms with Crippen LogP contribution in [0.2, 0.25) is 5.02 Å². The van der Waals surface area contributed by atoms with E-state index in [1.165, 1.54) is 12.1 Å². The van der Waals surface area contributed by atoms with Crippen LogP contribution in [0.5, 0.6) is 0 Å². The number of hydrogen-bond acceptors (Lipinski definition) is 5. The SMILES string of the molecule is O=C(NCC1CCCO1)C(=O)Nc1cc([N+](=O)[O-])ccc1Cl. The van der Waals surface area contributed by atoms with Crippen LogP contribution in [0.3, 0.4) is 0 Å². The van der Waals surface area contributed by atoms with Crippen molar-refractivity contribution in [3.05, 3.63) is 33.3 Å². The molecule has 1 aliphatic heterocycles. The number of nitro groups is 1. The normalized spacial score (nSPS) is 17.0. The molecule has 9 heteroatoms. The molecule has 0 bridgehead atoms. The number of anilines is 1. The summed E-state index contributed by atoms with van der Waals surface area (Å²) >= 11 is 5.84. The van der Waals surface area contributed by atoms with Gasteiger partial charge in [-0.05, 0) is 18.9 Å². The van der Waals surface area contributed by atoms with Crippen LogP contribution >= 0.6 is 11.6 Å². The van der Waals surface area contributed by atoms with Crippen LogP contribution in [0.4, 0.5) is 11.4 Å². The molecule has 2 amide bonds. The van der Waals surface area contributed by atoms with E-state index in [9.17, 15) is 19.7 Å². The van der Waals surface area contributed by atoms with Gasteiger partial charge in [-0.1, -0.05) is 11.6 Å². The van der Waals surface area contributed by atoms with E-state index in [-0.39, 0.29) is 29.0 Å². The number of nitrogens with zero attached hydrogens (tertiary/aromatic N) is 1. The molecule has 0 saturated carbocycles. The summed E-state index contributed by atoms with van der Waals surface area (Å²) in [5.41, 5.74) is -0.229. The first kappa shape index (κ1) is 16.2. The molecular formula is C13H14ClN3O5. The fraction of sp³-hybridized carbons (Fsp3) is 0.385. The summed E-state index contributed by atoms with van der Waals surface area (Å²) < 4.78 is 5.32. The van der Waals surface area contributed by atoms with Gasteiger partial charge in [0.15, 0.2) is 0 Å². The minimum Gasteiger partial charge on any atom is -0.376 e. The van der Waals surface area contributed by atoms with E-state index in [1.807, 2.05) is 0 Å². The number of hydrogen-bond donors (Lipinski definition) is 2. The third-order valence-electron chi connectivity index (χ3n) is 3.13. The zero-order valence-corrected chi connectivity index (χ0v) is 12.3. The summed E-state index contributed by atoms with van der Waals surface area (Å²) in [7, 11) is 0. The Kier molecular flexibility index (Phi) is 5.29. The Hall–Kier alpha value is -2.19. The first-order valence-corrected chi connectivity index (χ1v) is 7.00. The van der Waals surface area contributed by atoms with Crippen molar-refractivity contribution in [3.63, 3.8) is 0 Å². The summed E-state index contributed by atoms with van der Waals surface area (Å²) in [4.78, 5) is 33.5. The number of benzene rings is 1. The first-order chi connectivity index (χ1) is 10.5. The van der Waals surface area contributed by atoms with E-state index in [0.29, 0.717) is 6.61 Å². The molecule has 1 aliphatic rings. The Bertz CT molecular complexity index is 601. The second-order valence-electron chi connectivity index (χ2n) is 4.72. The molecule has 1 saturated heterocycles. The van der Waals surface area contributed by atoms with Crippen LogP contribution in [-0.4, -0.2) is 36.0 Å². The molecule has 8 nitrogen and oxygen atoms in total. The molecule has 1 aromatic carbocycles. The van der Waals surface area contributed by atoms with Crippen molar-refractivity contribution in [1.82, 2.24) is 5.32 Å². The Morgan fingerprint density at radius 2 is 2.18 bits per heavy atom. The summed E-state index contributed by atoms with van der Waals surface area (Å²) in [5, 5.41) is 15.5. The molecule has 22 heavy (non-hydrogen) atoms. The first-order valence-electron chi connectivity index (χ1n) is 6.62. The molecule has 1 atom stereocenters. The number of non-ortho nitro benzene ring substituents is 1. The van der Waals surface area contributed by atoms with E-state index >= 15 is 0 Å². The maximum atomic E-state index is 11.8. The Morgan fingerprint density at radius 1 is 1.41 bits per heavy atom. The number of nitrogens with one attached hydrogen (secondary N) is 2. The number of carbonyl (C=O) groups is 2. The van der Waals surface area contributed by atoms with Crippen LogP contribution < -0.4 is 10.6 Å². The van der Waals surface area contributed by atoms with Crippen molar-refractivity contribution in [1.29, 1.82) is 0 Å². The van der Waals surface area contributed by atoms with Gasteiger partial charge >= 0.3 is 11.8 Å². The Morgan fingerprint density at radius 3 is 2.82 bits per heavy atom. The third kappa shape index (κ3) is 4.15. The Labute approximate surface area is 130 Å². The van der Waals surface area contributed by atoms with E-state index in [4.69, 9.17) is 16.3 Å². The minimum atomic E-state index is -0.944. The monoisotopic (exact) mass is 327 g/mol. The lowest BCUT2D eigenvalue weighted by Crippen LogP contribution is -2.39. The van der Waals surface area contributed by atoms with Crippen LogP contribution in [-0.2, 0) is 14.3 Å². The quantitative estimate of drug-likeness (QED) is 0.494. The molecular weight excluding hydrogens is 314 g/mol. The van der Waals surface area contributed by atoms with Crippen molar-refractivity contribution in [2.45, 2.75) is 18.9 Å². The molecule has 0 aliphatic carbocycles. The lowest BCUT2D eigenvalue weighted by molar-refractivity contribution is -0.384. The highest BCUT2D eigenvalue weighted by molar-refractivity contribution is 6.41. The van der Waals surface area contributed by atoms with Crippen molar-refractivity contribution in [2.75, 3.05) is 18.5 Å². The van der Waals surface area contributed by atoms with Crippen LogP contribution in [0.1, 0.15) is 12.8 Å². The number of halogens is 1. The van der Waals surface area contributed by atoms with E-state index < -0.39 is 16.7 Å². The zero-order chi connectivity index (χ0) is 16.1. The number of nitro benzene ring substituents is 1. The average Bonchev–Trinajstić information content (AvgIpc) is 3.00. The van der Waals surface area contributed by atoms with E-state index in [0.717, 1.165) is 18.9 Å². The summed E-state index contributed by atoms with van der Waals surface area (Å²) in [6, 6.07) is 3.57. The lowest BCUT2D eigenvalue weighted by atomic mass is 10.2. The van der Waals surface area contributed by atoms with Gasteiger partial charge in [0.1, 0.15) is 0 Å². The van der Waals surface area contributed by atoms with E-state index in [1.54, 1.807) is 0 Å². The van der Waals surface area contributed by atoms with Gasteiger partial charge in [0, 0.05) is 25.3 Å². The molecule has 0 aromatic heterocycles.